The molecule has 0 bridgehead atoms. The number of halogens is 1. The predicted molar refractivity (Wildman–Crippen MR) is 89.2 cm³/mol. The van der Waals surface area contributed by atoms with Gasteiger partial charge in [0.1, 0.15) is 5.82 Å². The van der Waals surface area contributed by atoms with Crippen molar-refractivity contribution in [1.82, 2.24) is 10.2 Å². The second kappa shape index (κ2) is 8.22. The van der Waals surface area contributed by atoms with E-state index in [0.717, 1.165) is 31.7 Å². The van der Waals surface area contributed by atoms with Crippen LogP contribution in [0, 0.1) is 5.82 Å². The molecule has 1 heterocycles. The molecule has 5 nitrogen and oxygen atoms in total. The summed E-state index contributed by atoms with van der Waals surface area (Å²) in [4.78, 5) is 14.2. The number of carbonyl (C=O) groups excluding carboxylic acids is 1. The number of anilines is 2. The van der Waals surface area contributed by atoms with Gasteiger partial charge in [-0.1, -0.05) is 13.8 Å². The van der Waals surface area contributed by atoms with Gasteiger partial charge in [-0.3, -0.25) is 4.79 Å². The van der Waals surface area contributed by atoms with E-state index >= 15 is 0 Å². The molecule has 0 saturated heterocycles. The maximum absolute atomic E-state index is 12.9. The summed E-state index contributed by atoms with van der Waals surface area (Å²) >= 11 is 0. The standard InChI is InChI=1S/C17H21FN4O/c1-3-11-22(12-4-2)16-10-9-15(20-21-16)19-17(23)13-5-7-14(18)8-6-13/h5-10H,3-4,11-12H2,1-2H3,(H,19,20,23). The van der Waals surface area contributed by atoms with Crippen LogP contribution in [0.4, 0.5) is 16.0 Å². The van der Waals surface area contributed by atoms with Gasteiger partial charge in [0.25, 0.3) is 5.91 Å². The van der Waals surface area contributed by atoms with Crippen LogP contribution < -0.4 is 10.2 Å². The van der Waals surface area contributed by atoms with Crippen LogP contribution in [-0.2, 0) is 0 Å². The van der Waals surface area contributed by atoms with E-state index in [1.165, 1.54) is 24.3 Å². The number of benzene rings is 1. The van der Waals surface area contributed by atoms with Crippen molar-refractivity contribution in [3.63, 3.8) is 0 Å². The Morgan fingerprint density at radius 2 is 1.70 bits per heavy atom. The zero-order valence-corrected chi connectivity index (χ0v) is 13.4. The molecule has 0 atom stereocenters. The van der Waals surface area contributed by atoms with Crippen LogP contribution in [0.15, 0.2) is 36.4 Å². The van der Waals surface area contributed by atoms with E-state index in [-0.39, 0.29) is 11.7 Å². The van der Waals surface area contributed by atoms with Crippen LogP contribution in [0.2, 0.25) is 0 Å². The number of amides is 1. The number of aromatic nitrogens is 2. The van der Waals surface area contributed by atoms with Crippen LogP contribution in [0.25, 0.3) is 0 Å². The van der Waals surface area contributed by atoms with Crippen LogP contribution in [0.3, 0.4) is 0 Å². The van der Waals surface area contributed by atoms with Gasteiger partial charge in [0.2, 0.25) is 0 Å². The Balaban J connectivity index is 2.04. The quantitative estimate of drug-likeness (QED) is 0.849. The van der Waals surface area contributed by atoms with Gasteiger partial charge in [-0.05, 0) is 49.2 Å². The highest BCUT2D eigenvalue weighted by atomic mass is 19.1. The molecule has 2 aromatic rings. The molecular formula is C17H21FN4O. The van der Waals surface area contributed by atoms with Gasteiger partial charge in [-0.15, -0.1) is 10.2 Å². The third kappa shape index (κ3) is 4.74. The van der Waals surface area contributed by atoms with E-state index in [1.54, 1.807) is 6.07 Å². The Morgan fingerprint density at radius 3 is 2.22 bits per heavy atom. The fraction of sp³-hybridized carbons (Fsp3) is 0.353. The molecule has 0 fully saturated rings. The number of rotatable bonds is 7. The number of hydrogen-bond donors (Lipinski definition) is 1. The molecule has 6 heteroatoms. The Bertz CT molecular complexity index is 622. The molecule has 1 aromatic heterocycles. The summed E-state index contributed by atoms with van der Waals surface area (Å²) in [6.07, 6.45) is 2.06. The minimum absolute atomic E-state index is 0.342. The number of nitrogens with one attached hydrogen (secondary N) is 1. The van der Waals surface area contributed by atoms with Crippen LogP contribution in [0.5, 0.6) is 0 Å². The molecule has 23 heavy (non-hydrogen) atoms. The van der Waals surface area contributed by atoms with Crippen LogP contribution >= 0.6 is 0 Å². The highest BCUT2D eigenvalue weighted by Gasteiger charge is 2.10. The fourth-order valence-electron chi connectivity index (χ4n) is 2.23. The van der Waals surface area contributed by atoms with Crippen molar-refractivity contribution in [2.45, 2.75) is 26.7 Å². The molecule has 1 N–H and O–H groups in total. The van der Waals surface area contributed by atoms with Gasteiger partial charge in [0, 0.05) is 18.7 Å². The number of carbonyl (C=O) groups is 1. The number of nitrogens with zero attached hydrogens (tertiary/aromatic N) is 3. The third-order valence-electron chi connectivity index (χ3n) is 3.31. The van der Waals surface area contributed by atoms with Gasteiger partial charge in [0.15, 0.2) is 11.6 Å². The Kier molecular flexibility index (Phi) is 6.02. The zero-order valence-electron chi connectivity index (χ0n) is 13.4. The molecule has 0 aliphatic heterocycles. The van der Waals surface area contributed by atoms with Crippen molar-refractivity contribution in [3.8, 4) is 0 Å². The van der Waals surface area contributed by atoms with E-state index in [1.807, 2.05) is 6.07 Å². The average molecular weight is 316 g/mol. The minimum atomic E-state index is -0.377. The van der Waals surface area contributed by atoms with Crippen molar-refractivity contribution >= 4 is 17.5 Å². The molecule has 0 unspecified atom stereocenters. The highest BCUT2D eigenvalue weighted by molar-refractivity contribution is 6.03. The SMILES string of the molecule is CCCN(CCC)c1ccc(NC(=O)c2ccc(F)cc2)nn1. The monoisotopic (exact) mass is 316 g/mol. The van der Waals surface area contributed by atoms with Crippen molar-refractivity contribution in [3.05, 3.63) is 47.8 Å². The molecule has 122 valence electrons. The van der Waals surface area contributed by atoms with E-state index in [4.69, 9.17) is 0 Å². The summed E-state index contributed by atoms with van der Waals surface area (Å²) in [6.45, 7) is 6.08. The minimum Gasteiger partial charge on any atom is -0.355 e. The molecule has 0 saturated carbocycles. The molecule has 0 aliphatic carbocycles. The maximum atomic E-state index is 12.9. The first-order valence-electron chi connectivity index (χ1n) is 7.79. The summed E-state index contributed by atoms with van der Waals surface area (Å²) in [5.74, 6) is 0.452. The molecule has 0 spiro atoms. The molecular weight excluding hydrogens is 295 g/mol. The predicted octanol–water partition coefficient (Wildman–Crippen LogP) is 3.49. The van der Waals surface area contributed by atoms with Gasteiger partial charge < -0.3 is 10.2 Å². The summed E-state index contributed by atoms with van der Waals surface area (Å²) < 4.78 is 12.9. The maximum Gasteiger partial charge on any atom is 0.256 e. The van der Waals surface area contributed by atoms with Crippen molar-refractivity contribution in [1.29, 1.82) is 0 Å². The third-order valence-corrected chi connectivity index (χ3v) is 3.31. The zero-order chi connectivity index (χ0) is 16.7. The first kappa shape index (κ1) is 16.9. The Hall–Kier alpha value is -2.50. The lowest BCUT2D eigenvalue weighted by atomic mass is 10.2. The Labute approximate surface area is 135 Å². The van der Waals surface area contributed by atoms with E-state index in [0.29, 0.717) is 11.4 Å². The molecule has 0 radical (unpaired) electrons. The molecule has 1 aromatic carbocycles. The van der Waals surface area contributed by atoms with Crippen molar-refractivity contribution in [2.24, 2.45) is 0 Å². The van der Waals surface area contributed by atoms with Gasteiger partial charge >= 0.3 is 0 Å². The van der Waals surface area contributed by atoms with E-state index in [9.17, 15) is 9.18 Å². The first-order chi connectivity index (χ1) is 11.1. The molecule has 0 aliphatic rings. The summed E-state index contributed by atoms with van der Waals surface area (Å²) in [7, 11) is 0. The molecule has 1 amide bonds. The lowest BCUT2D eigenvalue weighted by Crippen LogP contribution is -2.26. The summed E-state index contributed by atoms with van der Waals surface area (Å²) in [5, 5.41) is 10.9. The van der Waals surface area contributed by atoms with Gasteiger partial charge in [-0.2, -0.15) is 0 Å². The first-order valence-corrected chi connectivity index (χ1v) is 7.79. The summed E-state index contributed by atoms with van der Waals surface area (Å²) in [5.41, 5.74) is 0.371. The van der Waals surface area contributed by atoms with Crippen molar-refractivity contribution < 1.29 is 9.18 Å². The van der Waals surface area contributed by atoms with Crippen molar-refractivity contribution in [2.75, 3.05) is 23.3 Å². The molecule has 2 rings (SSSR count). The van der Waals surface area contributed by atoms with Crippen LogP contribution in [0.1, 0.15) is 37.0 Å². The second-order valence-electron chi connectivity index (χ2n) is 5.22. The summed E-state index contributed by atoms with van der Waals surface area (Å²) in [6, 6.07) is 8.92. The van der Waals surface area contributed by atoms with Gasteiger partial charge in [0.05, 0.1) is 0 Å². The number of hydrogen-bond acceptors (Lipinski definition) is 4. The highest BCUT2D eigenvalue weighted by Crippen LogP contribution is 2.13. The topological polar surface area (TPSA) is 58.1 Å². The largest absolute Gasteiger partial charge is 0.355 e. The Morgan fingerprint density at radius 1 is 1.04 bits per heavy atom. The lowest BCUT2D eigenvalue weighted by Gasteiger charge is -2.21. The average Bonchev–Trinajstić information content (AvgIpc) is 2.56. The fourth-order valence-corrected chi connectivity index (χ4v) is 2.23. The smallest absolute Gasteiger partial charge is 0.256 e. The van der Waals surface area contributed by atoms with E-state index in [2.05, 4.69) is 34.3 Å². The normalized spacial score (nSPS) is 10.4. The van der Waals surface area contributed by atoms with Crippen LogP contribution in [-0.4, -0.2) is 29.2 Å². The van der Waals surface area contributed by atoms with E-state index < -0.39 is 0 Å². The van der Waals surface area contributed by atoms with Gasteiger partial charge in [-0.25, -0.2) is 4.39 Å². The lowest BCUT2D eigenvalue weighted by molar-refractivity contribution is 0.102. The second-order valence-corrected chi connectivity index (χ2v) is 5.22.